The van der Waals surface area contributed by atoms with Crippen molar-refractivity contribution in [1.29, 1.82) is 0 Å². The van der Waals surface area contributed by atoms with Crippen LogP contribution in [0.3, 0.4) is 0 Å². The maximum absolute atomic E-state index is 13.2. The molecule has 2 aromatic carbocycles. The molecule has 0 radical (unpaired) electrons. The van der Waals surface area contributed by atoms with E-state index >= 15 is 0 Å². The third-order valence-corrected chi connectivity index (χ3v) is 5.42. The van der Waals surface area contributed by atoms with Gasteiger partial charge in [0.25, 0.3) is 0 Å². The fourth-order valence-electron chi connectivity index (χ4n) is 3.88. The van der Waals surface area contributed by atoms with Gasteiger partial charge < -0.3 is 14.4 Å². The number of hydrogen-bond donors (Lipinski definition) is 1. The molecule has 1 N–H and O–H groups in total. The number of carboxylic acid groups (broad SMARTS) is 1. The van der Waals surface area contributed by atoms with E-state index < -0.39 is 12.1 Å². The minimum Gasteiger partial charge on any atom is -0.475 e. The van der Waals surface area contributed by atoms with Crippen LogP contribution in [0.5, 0.6) is 0 Å². The van der Waals surface area contributed by atoms with Crippen LogP contribution in [0.1, 0.15) is 28.4 Å². The second kappa shape index (κ2) is 11.3. The van der Waals surface area contributed by atoms with E-state index in [0.29, 0.717) is 6.61 Å². The maximum atomic E-state index is 13.2. The van der Waals surface area contributed by atoms with Crippen LogP contribution in [-0.4, -0.2) is 52.0 Å². The lowest BCUT2D eigenvalue weighted by Gasteiger charge is -2.34. The zero-order valence-corrected chi connectivity index (χ0v) is 18.5. The molecule has 1 unspecified atom stereocenters. The van der Waals surface area contributed by atoms with E-state index in [1.165, 1.54) is 23.3 Å². The SMILES string of the molecule is COCCn1ccnc1C1CN(Cc2ccc(F)cc2)Cc2ccccc21.O=C(O)C(F)(F)F. The first-order valence-electron chi connectivity index (χ1n) is 10.5. The van der Waals surface area contributed by atoms with Gasteiger partial charge in [0, 0.05) is 45.7 Å². The Bertz CT molecular complexity index is 1080. The minimum atomic E-state index is -5.08. The van der Waals surface area contributed by atoms with Gasteiger partial charge in [0.15, 0.2) is 0 Å². The van der Waals surface area contributed by atoms with Crippen molar-refractivity contribution in [3.63, 3.8) is 0 Å². The van der Waals surface area contributed by atoms with Gasteiger partial charge in [-0.1, -0.05) is 36.4 Å². The van der Waals surface area contributed by atoms with Crippen LogP contribution in [0.4, 0.5) is 17.6 Å². The van der Waals surface area contributed by atoms with Crippen LogP contribution in [0.25, 0.3) is 0 Å². The van der Waals surface area contributed by atoms with Crippen molar-refractivity contribution in [3.05, 3.63) is 89.3 Å². The van der Waals surface area contributed by atoms with Gasteiger partial charge in [-0.05, 0) is 28.8 Å². The van der Waals surface area contributed by atoms with Crippen molar-refractivity contribution >= 4 is 5.97 Å². The normalized spacial score (nSPS) is 15.9. The van der Waals surface area contributed by atoms with E-state index in [-0.39, 0.29) is 11.7 Å². The van der Waals surface area contributed by atoms with E-state index in [2.05, 4.69) is 38.7 Å². The van der Waals surface area contributed by atoms with Crippen molar-refractivity contribution in [2.24, 2.45) is 0 Å². The largest absolute Gasteiger partial charge is 0.490 e. The third kappa shape index (κ3) is 6.64. The Balaban J connectivity index is 0.000000406. The van der Waals surface area contributed by atoms with Crippen LogP contribution in [0.15, 0.2) is 60.9 Å². The van der Waals surface area contributed by atoms with Crippen molar-refractivity contribution in [3.8, 4) is 0 Å². The second-order valence-corrected chi connectivity index (χ2v) is 7.82. The molecule has 4 rings (SSSR count). The lowest BCUT2D eigenvalue weighted by molar-refractivity contribution is -0.192. The van der Waals surface area contributed by atoms with Crippen LogP contribution >= 0.6 is 0 Å². The molecule has 2 heterocycles. The standard InChI is InChI=1S/C22H24FN3O.C2HF3O2/c1-27-13-12-26-11-10-24-22(26)21-16-25(14-17-6-8-19(23)9-7-17)15-18-4-2-3-5-20(18)21;3-2(4,5)1(6)7/h2-11,21H,12-16H2,1H3;(H,6,7). The van der Waals surface area contributed by atoms with Gasteiger partial charge in [-0.25, -0.2) is 14.2 Å². The predicted octanol–water partition coefficient (Wildman–Crippen LogP) is 4.45. The first-order chi connectivity index (χ1) is 16.2. The summed E-state index contributed by atoms with van der Waals surface area (Å²) in [6, 6.07) is 15.4. The first-order valence-corrected chi connectivity index (χ1v) is 10.5. The number of carbonyl (C=O) groups is 1. The van der Waals surface area contributed by atoms with Gasteiger partial charge in [0.1, 0.15) is 11.6 Å². The van der Waals surface area contributed by atoms with E-state index in [9.17, 15) is 17.6 Å². The Morgan fingerprint density at radius 3 is 2.50 bits per heavy atom. The number of hydrogen-bond acceptors (Lipinski definition) is 4. The average molecular weight is 479 g/mol. The minimum absolute atomic E-state index is 0.194. The Morgan fingerprint density at radius 2 is 1.85 bits per heavy atom. The lowest BCUT2D eigenvalue weighted by Crippen LogP contribution is -2.35. The zero-order chi connectivity index (χ0) is 24.7. The zero-order valence-electron chi connectivity index (χ0n) is 18.5. The molecule has 182 valence electrons. The number of aliphatic carboxylic acids is 1. The molecule has 0 saturated carbocycles. The molecule has 1 atom stereocenters. The number of carboxylic acids is 1. The number of rotatable bonds is 6. The third-order valence-electron chi connectivity index (χ3n) is 5.42. The van der Waals surface area contributed by atoms with Gasteiger partial charge in [-0.2, -0.15) is 13.2 Å². The van der Waals surface area contributed by atoms with E-state index in [1.807, 2.05) is 24.5 Å². The summed E-state index contributed by atoms with van der Waals surface area (Å²) in [4.78, 5) is 16.0. The van der Waals surface area contributed by atoms with Crippen molar-refractivity contribution in [2.45, 2.75) is 31.7 Å². The van der Waals surface area contributed by atoms with Crippen LogP contribution < -0.4 is 0 Å². The number of aromatic nitrogens is 2. The Labute approximate surface area is 194 Å². The molecule has 0 saturated heterocycles. The molecule has 3 aromatic rings. The number of halogens is 4. The summed E-state index contributed by atoms with van der Waals surface area (Å²) in [6.07, 6.45) is -1.19. The quantitative estimate of drug-likeness (QED) is 0.530. The summed E-state index contributed by atoms with van der Waals surface area (Å²) < 4.78 is 52.4. The fraction of sp³-hybridized carbons (Fsp3) is 0.333. The predicted molar refractivity (Wildman–Crippen MR) is 117 cm³/mol. The molecule has 34 heavy (non-hydrogen) atoms. The van der Waals surface area contributed by atoms with Crippen LogP contribution in [-0.2, 0) is 29.2 Å². The summed E-state index contributed by atoms with van der Waals surface area (Å²) >= 11 is 0. The van der Waals surface area contributed by atoms with Gasteiger partial charge in [-0.15, -0.1) is 0 Å². The molecule has 10 heteroatoms. The fourth-order valence-corrected chi connectivity index (χ4v) is 3.88. The average Bonchev–Trinajstić information content (AvgIpc) is 3.27. The number of benzene rings is 2. The number of fused-ring (bicyclic) bond motifs is 1. The molecule has 1 aromatic heterocycles. The summed E-state index contributed by atoms with van der Waals surface area (Å²) in [7, 11) is 1.72. The van der Waals surface area contributed by atoms with E-state index in [4.69, 9.17) is 14.6 Å². The summed E-state index contributed by atoms with van der Waals surface area (Å²) in [5.41, 5.74) is 3.80. The molecule has 1 aliphatic heterocycles. The molecular weight excluding hydrogens is 454 g/mol. The highest BCUT2D eigenvalue weighted by molar-refractivity contribution is 5.73. The smallest absolute Gasteiger partial charge is 0.475 e. The van der Waals surface area contributed by atoms with Gasteiger partial charge in [0.2, 0.25) is 0 Å². The lowest BCUT2D eigenvalue weighted by atomic mass is 9.88. The summed E-state index contributed by atoms with van der Waals surface area (Å²) in [5.74, 6) is -1.67. The monoisotopic (exact) mass is 479 g/mol. The molecule has 0 amide bonds. The maximum Gasteiger partial charge on any atom is 0.490 e. The summed E-state index contributed by atoms with van der Waals surface area (Å²) in [6.45, 7) is 4.03. The number of methoxy groups -OCH3 is 1. The van der Waals surface area contributed by atoms with E-state index in [1.54, 1.807) is 7.11 Å². The molecular formula is C24H25F4N3O3. The Kier molecular flexibility index (Phi) is 8.41. The van der Waals surface area contributed by atoms with E-state index in [0.717, 1.165) is 37.6 Å². The Morgan fingerprint density at radius 1 is 1.18 bits per heavy atom. The topological polar surface area (TPSA) is 67.6 Å². The number of ether oxygens (including phenoxy) is 1. The van der Waals surface area contributed by atoms with Gasteiger partial charge in [0.05, 0.1) is 12.5 Å². The molecule has 0 fully saturated rings. The van der Waals surface area contributed by atoms with Crippen LogP contribution in [0, 0.1) is 5.82 Å². The first kappa shape index (κ1) is 25.4. The molecule has 0 bridgehead atoms. The highest BCUT2D eigenvalue weighted by Gasteiger charge is 2.38. The number of imidazole rings is 1. The molecule has 0 spiro atoms. The number of nitrogens with zero attached hydrogens (tertiary/aromatic N) is 3. The van der Waals surface area contributed by atoms with Gasteiger partial charge >= 0.3 is 12.1 Å². The van der Waals surface area contributed by atoms with Crippen molar-refractivity contribution in [1.82, 2.24) is 14.5 Å². The molecule has 6 nitrogen and oxygen atoms in total. The van der Waals surface area contributed by atoms with Crippen molar-refractivity contribution < 1.29 is 32.2 Å². The van der Waals surface area contributed by atoms with Gasteiger partial charge in [-0.3, -0.25) is 4.90 Å². The van der Waals surface area contributed by atoms with Crippen molar-refractivity contribution in [2.75, 3.05) is 20.3 Å². The highest BCUT2D eigenvalue weighted by atomic mass is 19.4. The highest BCUT2D eigenvalue weighted by Crippen LogP contribution is 2.33. The number of alkyl halides is 3. The Hall–Kier alpha value is -3.24. The molecule has 1 aliphatic rings. The van der Waals surface area contributed by atoms with Crippen LogP contribution in [0.2, 0.25) is 0 Å². The summed E-state index contributed by atoms with van der Waals surface area (Å²) in [5, 5.41) is 7.12. The second-order valence-electron chi connectivity index (χ2n) is 7.82. The molecule has 0 aliphatic carbocycles.